The first-order valence-electron chi connectivity index (χ1n) is 11.3. The predicted octanol–water partition coefficient (Wildman–Crippen LogP) is 4.43. The van der Waals surface area contributed by atoms with E-state index in [1.54, 1.807) is 0 Å². The van der Waals surface area contributed by atoms with Crippen LogP contribution in [0.15, 0.2) is 60.8 Å². The highest BCUT2D eigenvalue weighted by atomic mass is 19.4. The second-order valence-corrected chi connectivity index (χ2v) is 8.37. The summed E-state index contributed by atoms with van der Waals surface area (Å²) in [5.41, 5.74) is 2.93. The van der Waals surface area contributed by atoms with Crippen LogP contribution in [0.25, 0.3) is 11.1 Å². The normalized spacial score (nSPS) is 14.5. The number of carbonyl (C=O) groups excluding carboxylic acids is 1. The van der Waals surface area contributed by atoms with Gasteiger partial charge in [0.05, 0.1) is 18.8 Å². The first kappa shape index (κ1) is 25.5. The third kappa shape index (κ3) is 5.29. The van der Waals surface area contributed by atoms with Gasteiger partial charge in [-0.3, -0.25) is 0 Å². The van der Waals surface area contributed by atoms with E-state index in [4.69, 9.17) is 9.47 Å². The second-order valence-electron chi connectivity index (χ2n) is 8.37. The van der Waals surface area contributed by atoms with Gasteiger partial charge in [0.25, 0.3) is 0 Å². The lowest BCUT2D eigenvalue weighted by molar-refractivity contribution is -0.138. The van der Waals surface area contributed by atoms with E-state index < -0.39 is 30.0 Å². The van der Waals surface area contributed by atoms with Gasteiger partial charge in [0.1, 0.15) is 12.7 Å². The minimum absolute atomic E-state index is 0.0798. The number of nitrogens with one attached hydrogen (secondary N) is 1. The molecule has 0 saturated carbocycles. The Hall–Kier alpha value is -3.63. The Labute approximate surface area is 205 Å². The number of carbonyl (C=O) groups is 1. The number of amides is 1. The number of rotatable bonds is 8. The number of methoxy groups -OCH3 is 1. The Kier molecular flexibility index (Phi) is 7.46. The van der Waals surface area contributed by atoms with Crippen molar-refractivity contribution in [1.82, 2.24) is 10.3 Å². The second kappa shape index (κ2) is 10.5. The molecule has 0 aliphatic heterocycles. The lowest BCUT2D eigenvalue weighted by atomic mass is 9.98. The Bertz CT molecular complexity index is 1190. The van der Waals surface area contributed by atoms with Crippen molar-refractivity contribution in [2.45, 2.75) is 30.7 Å². The number of pyridine rings is 1. The number of hydrogen-bond donors (Lipinski definition) is 3. The average molecular weight is 502 g/mol. The number of ether oxygens (including phenoxy) is 2. The van der Waals surface area contributed by atoms with Crippen molar-refractivity contribution in [1.29, 1.82) is 0 Å². The molecule has 4 rings (SSSR count). The van der Waals surface area contributed by atoms with Crippen LogP contribution >= 0.6 is 0 Å². The molecule has 1 aliphatic rings. The zero-order chi connectivity index (χ0) is 25.9. The summed E-state index contributed by atoms with van der Waals surface area (Å²) >= 11 is 0. The van der Waals surface area contributed by atoms with E-state index in [1.807, 2.05) is 48.5 Å². The Morgan fingerprint density at radius 3 is 2.28 bits per heavy atom. The number of hydrogen-bond acceptors (Lipinski definition) is 6. The Balaban J connectivity index is 1.32. The molecule has 1 aliphatic carbocycles. The highest BCUT2D eigenvalue weighted by Crippen LogP contribution is 2.44. The summed E-state index contributed by atoms with van der Waals surface area (Å²) in [4.78, 5) is 15.8. The van der Waals surface area contributed by atoms with Crippen LogP contribution in [0.1, 0.15) is 40.7 Å². The molecule has 0 saturated heterocycles. The molecule has 2 unspecified atom stereocenters. The standard InChI is InChI=1S/C26H25F3N2O5/c1-35-24-20(12-15(13-31-24)26(27,28)29)23(33)22(32)10-11-30-25(34)36-14-21-18-8-4-2-6-16(18)17-7-3-5-9-19(17)21/h2-9,12-13,21-23,32-33H,10-11,14H2,1H3,(H,30,34). The quantitative estimate of drug-likeness (QED) is 0.421. The number of halogens is 3. The van der Waals surface area contributed by atoms with Crippen molar-refractivity contribution in [3.8, 4) is 17.0 Å². The van der Waals surface area contributed by atoms with Gasteiger partial charge in [0.2, 0.25) is 5.88 Å². The van der Waals surface area contributed by atoms with Crippen LogP contribution in [-0.4, -0.2) is 47.7 Å². The fraction of sp³-hybridized carbons (Fsp3) is 0.308. The third-order valence-corrected chi connectivity index (χ3v) is 6.14. The maximum Gasteiger partial charge on any atom is 0.417 e. The number of fused-ring (bicyclic) bond motifs is 3. The average Bonchev–Trinajstić information content (AvgIpc) is 3.19. The number of aliphatic hydroxyl groups excluding tert-OH is 2. The van der Waals surface area contributed by atoms with Gasteiger partial charge in [-0.15, -0.1) is 0 Å². The van der Waals surface area contributed by atoms with Crippen LogP contribution in [-0.2, 0) is 10.9 Å². The molecule has 190 valence electrons. The summed E-state index contributed by atoms with van der Waals surface area (Å²) in [6.45, 7) is 0.0295. The van der Waals surface area contributed by atoms with Crippen molar-refractivity contribution in [2.24, 2.45) is 0 Å². The van der Waals surface area contributed by atoms with Crippen molar-refractivity contribution in [3.05, 3.63) is 83.0 Å². The maximum absolute atomic E-state index is 13.0. The van der Waals surface area contributed by atoms with Crippen LogP contribution < -0.4 is 10.1 Å². The lowest BCUT2D eigenvalue weighted by Gasteiger charge is -2.21. The molecule has 0 radical (unpaired) electrons. The fourth-order valence-corrected chi connectivity index (χ4v) is 4.34. The number of nitrogens with zero attached hydrogens (tertiary/aromatic N) is 1. The summed E-state index contributed by atoms with van der Waals surface area (Å²) in [5, 5.41) is 23.2. The van der Waals surface area contributed by atoms with Gasteiger partial charge in [0, 0.05) is 24.2 Å². The van der Waals surface area contributed by atoms with Crippen molar-refractivity contribution in [2.75, 3.05) is 20.3 Å². The number of alkyl carbamates (subject to hydrolysis) is 1. The molecule has 2 aromatic carbocycles. The fourth-order valence-electron chi connectivity index (χ4n) is 4.34. The highest BCUT2D eigenvalue weighted by Gasteiger charge is 2.34. The topological polar surface area (TPSA) is 101 Å². The summed E-state index contributed by atoms with van der Waals surface area (Å²) < 4.78 is 49.4. The number of aliphatic hydroxyl groups is 2. The van der Waals surface area contributed by atoms with Gasteiger partial charge in [-0.05, 0) is 34.7 Å². The molecular weight excluding hydrogens is 477 g/mol. The van der Waals surface area contributed by atoms with Gasteiger partial charge in [-0.1, -0.05) is 48.5 Å². The van der Waals surface area contributed by atoms with Crippen LogP contribution in [0.3, 0.4) is 0 Å². The molecule has 7 nitrogen and oxygen atoms in total. The third-order valence-electron chi connectivity index (χ3n) is 6.14. The van der Waals surface area contributed by atoms with E-state index in [-0.39, 0.29) is 36.9 Å². The van der Waals surface area contributed by atoms with E-state index in [1.165, 1.54) is 7.11 Å². The van der Waals surface area contributed by atoms with Crippen LogP contribution in [0, 0.1) is 0 Å². The van der Waals surface area contributed by atoms with Gasteiger partial charge in [-0.25, -0.2) is 9.78 Å². The lowest BCUT2D eigenvalue weighted by Crippen LogP contribution is -2.31. The van der Waals surface area contributed by atoms with E-state index in [0.717, 1.165) is 22.3 Å². The molecule has 36 heavy (non-hydrogen) atoms. The molecule has 0 bridgehead atoms. The van der Waals surface area contributed by atoms with Gasteiger partial charge in [-0.2, -0.15) is 13.2 Å². The molecule has 0 fully saturated rings. The summed E-state index contributed by atoms with van der Waals surface area (Å²) in [6.07, 6.45) is -8.15. The molecule has 2 atom stereocenters. The van der Waals surface area contributed by atoms with Gasteiger partial charge in [0.15, 0.2) is 0 Å². The summed E-state index contributed by atoms with van der Waals surface area (Å²) in [6, 6.07) is 16.5. The first-order chi connectivity index (χ1) is 17.2. The molecule has 3 N–H and O–H groups in total. The highest BCUT2D eigenvalue weighted by molar-refractivity contribution is 5.79. The van der Waals surface area contributed by atoms with E-state index in [2.05, 4.69) is 10.3 Å². The zero-order valence-corrected chi connectivity index (χ0v) is 19.3. The minimum atomic E-state index is -4.68. The molecule has 3 aromatic rings. The van der Waals surface area contributed by atoms with Crippen molar-refractivity contribution in [3.63, 3.8) is 0 Å². The van der Waals surface area contributed by atoms with Crippen LogP contribution in [0.4, 0.5) is 18.0 Å². The predicted molar refractivity (Wildman–Crippen MR) is 124 cm³/mol. The van der Waals surface area contributed by atoms with E-state index in [0.29, 0.717) is 12.3 Å². The van der Waals surface area contributed by atoms with Crippen molar-refractivity contribution < 1.29 is 37.7 Å². The number of alkyl halides is 3. The largest absolute Gasteiger partial charge is 0.481 e. The maximum atomic E-state index is 13.0. The summed E-state index contributed by atoms with van der Waals surface area (Å²) in [5.74, 6) is -0.351. The van der Waals surface area contributed by atoms with Gasteiger partial charge < -0.3 is 25.0 Å². The van der Waals surface area contributed by atoms with Crippen molar-refractivity contribution >= 4 is 6.09 Å². The Morgan fingerprint density at radius 2 is 1.69 bits per heavy atom. The zero-order valence-electron chi connectivity index (χ0n) is 19.3. The van der Waals surface area contributed by atoms with Crippen LogP contribution in [0.5, 0.6) is 5.88 Å². The van der Waals surface area contributed by atoms with Gasteiger partial charge >= 0.3 is 12.3 Å². The summed E-state index contributed by atoms with van der Waals surface area (Å²) in [7, 11) is 1.19. The smallest absolute Gasteiger partial charge is 0.417 e. The van der Waals surface area contributed by atoms with E-state index >= 15 is 0 Å². The molecule has 1 amide bonds. The number of aromatic nitrogens is 1. The van der Waals surface area contributed by atoms with Crippen LogP contribution in [0.2, 0.25) is 0 Å². The number of benzene rings is 2. The molecule has 1 aromatic heterocycles. The SMILES string of the molecule is COc1ncc(C(F)(F)F)cc1C(O)C(O)CCNC(=O)OCC1c2ccccc2-c2ccccc21. The molecule has 10 heteroatoms. The first-order valence-corrected chi connectivity index (χ1v) is 11.3. The molecular formula is C26H25F3N2O5. The Morgan fingerprint density at radius 1 is 1.08 bits per heavy atom. The molecule has 0 spiro atoms. The monoisotopic (exact) mass is 502 g/mol. The minimum Gasteiger partial charge on any atom is -0.481 e. The van der Waals surface area contributed by atoms with E-state index in [9.17, 15) is 28.2 Å². The molecule has 1 heterocycles.